The normalized spacial score (nSPS) is 23.5. The summed E-state index contributed by atoms with van der Waals surface area (Å²) in [6, 6.07) is 3.47. The molecule has 0 aliphatic heterocycles. The second-order valence-electron chi connectivity index (χ2n) is 5.35. The van der Waals surface area contributed by atoms with Crippen LogP contribution in [0.2, 0.25) is 0 Å². The van der Waals surface area contributed by atoms with E-state index in [1.807, 2.05) is 0 Å². The summed E-state index contributed by atoms with van der Waals surface area (Å²) < 4.78 is 27.6. The van der Waals surface area contributed by atoms with Crippen molar-refractivity contribution in [3.8, 4) is 0 Å². The first-order valence-electron chi connectivity index (χ1n) is 7.22. The van der Waals surface area contributed by atoms with Gasteiger partial charge in [-0.15, -0.1) is 0 Å². The molecular weight excluding hydrogens is 274 g/mol. The van der Waals surface area contributed by atoms with Gasteiger partial charge in [0, 0.05) is 19.3 Å². The van der Waals surface area contributed by atoms with E-state index in [4.69, 9.17) is 0 Å². The summed E-state index contributed by atoms with van der Waals surface area (Å²) in [6.07, 6.45) is 6.72. The molecule has 1 aromatic heterocycles. The first-order valence-corrected chi connectivity index (χ1v) is 8.70. The fraction of sp³-hybridized carbons (Fsp3) is 0.643. The number of anilines is 1. The zero-order valence-electron chi connectivity index (χ0n) is 12.1. The molecule has 2 rings (SSSR count). The highest BCUT2D eigenvalue weighted by Crippen LogP contribution is 2.28. The van der Waals surface area contributed by atoms with Crippen LogP contribution >= 0.6 is 0 Å². The van der Waals surface area contributed by atoms with Crippen molar-refractivity contribution in [3.63, 3.8) is 0 Å². The van der Waals surface area contributed by atoms with E-state index in [9.17, 15) is 8.42 Å². The molecule has 1 aliphatic rings. The van der Waals surface area contributed by atoms with Crippen molar-refractivity contribution in [1.82, 2.24) is 9.71 Å². The van der Waals surface area contributed by atoms with E-state index >= 15 is 0 Å². The average molecular weight is 297 g/mol. The minimum atomic E-state index is -3.55. The lowest BCUT2D eigenvalue weighted by atomic mass is 9.85. The summed E-state index contributed by atoms with van der Waals surface area (Å²) in [5.41, 5.74) is 0.530. The average Bonchev–Trinajstić information content (AvgIpc) is 2.47. The Morgan fingerprint density at radius 2 is 2.00 bits per heavy atom. The van der Waals surface area contributed by atoms with Crippen LogP contribution in [0.4, 0.5) is 5.69 Å². The van der Waals surface area contributed by atoms with Crippen LogP contribution in [0.3, 0.4) is 0 Å². The highest BCUT2D eigenvalue weighted by Gasteiger charge is 2.27. The van der Waals surface area contributed by atoms with E-state index in [1.54, 1.807) is 19.2 Å². The largest absolute Gasteiger partial charge is 0.386 e. The van der Waals surface area contributed by atoms with Crippen LogP contribution in [-0.4, -0.2) is 26.5 Å². The molecule has 112 valence electrons. The van der Waals surface area contributed by atoms with Gasteiger partial charge in [0.05, 0.1) is 5.69 Å². The number of hydrogen-bond donors (Lipinski definition) is 2. The Bertz CT molecular complexity index is 537. The van der Waals surface area contributed by atoms with Gasteiger partial charge in [0.1, 0.15) is 0 Å². The number of rotatable bonds is 5. The summed E-state index contributed by atoms with van der Waals surface area (Å²) in [7, 11) is -1.85. The van der Waals surface area contributed by atoms with Gasteiger partial charge in [0.15, 0.2) is 5.03 Å². The van der Waals surface area contributed by atoms with Crippen molar-refractivity contribution in [2.75, 3.05) is 12.4 Å². The molecular formula is C14H23N3O2S. The Hall–Kier alpha value is -1.14. The van der Waals surface area contributed by atoms with Crippen LogP contribution in [0.5, 0.6) is 0 Å². The predicted octanol–water partition coefficient (Wildman–Crippen LogP) is 2.37. The van der Waals surface area contributed by atoms with Gasteiger partial charge in [-0.2, -0.15) is 0 Å². The van der Waals surface area contributed by atoms with Crippen LogP contribution in [0, 0.1) is 5.92 Å². The third-order valence-electron chi connectivity index (χ3n) is 4.04. The van der Waals surface area contributed by atoms with Crippen molar-refractivity contribution in [1.29, 1.82) is 0 Å². The molecule has 0 saturated heterocycles. The smallest absolute Gasteiger partial charge is 0.260 e. The Morgan fingerprint density at radius 3 is 2.60 bits per heavy atom. The lowest BCUT2D eigenvalue weighted by molar-refractivity contribution is 0.306. The Morgan fingerprint density at radius 1 is 1.30 bits per heavy atom. The molecule has 0 bridgehead atoms. The second-order valence-corrected chi connectivity index (χ2v) is 6.98. The topological polar surface area (TPSA) is 71.1 Å². The molecule has 1 heterocycles. The monoisotopic (exact) mass is 297 g/mol. The summed E-state index contributed by atoms with van der Waals surface area (Å²) >= 11 is 0. The SMILES string of the molecule is CCC1CCC(NS(=O)(=O)c2ncccc2NC)CC1. The van der Waals surface area contributed by atoms with Crippen LogP contribution in [-0.2, 0) is 10.0 Å². The quantitative estimate of drug-likeness (QED) is 0.875. The van der Waals surface area contributed by atoms with Gasteiger partial charge in [-0.1, -0.05) is 13.3 Å². The van der Waals surface area contributed by atoms with Gasteiger partial charge in [0.25, 0.3) is 10.0 Å². The van der Waals surface area contributed by atoms with Crippen molar-refractivity contribution in [2.45, 2.75) is 50.1 Å². The standard InChI is InChI=1S/C14H23N3O2S/c1-3-11-6-8-12(9-7-11)17-20(18,19)14-13(15-2)5-4-10-16-14/h4-5,10-12,15,17H,3,6-9H2,1-2H3. The maximum absolute atomic E-state index is 12.4. The Balaban J connectivity index is 2.08. The van der Waals surface area contributed by atoms with Crippen molar-refractivity contribution >= 4 is 15.7 Å². The second kappa shape index (κ2) is 6.54. The van der Waals surface area contributed by atoms with E-state index in [0.29, 0.717) is 5.69 Å². The molecule has 0 unspecified atom stereocenters. The van der Waals surface area contributed by atoms with Crippen LogP contribution < -0.4 is 10.0 Å². The van der Waals surface area contributed by atoms with Crippen molar-refractivity contribution < 1.29 is 8.42 Å². The van der Waals surface area contributed by atoms with E-state index in [-0.39, 0.29) is 11.1 Å². The van der Waals surface area contributed by atoms with E-state index in [2.05, 4.69) is 21.9 Å². The minimum Gasteiger partial charge on any atom is -0.386 e. The van der Waals surface area contributed by atoms with Crippen molar-refractivity contribution in [2.24, 2.45) is 5.92 Å². The molecule has 5 nitrogen and oxygen atoms in total. The summed E-state index contributed by atoms with van der Waals surface area (Å²) in [6.45, 7) is 2.20. The predicted molar refractivity (Wildman–Crippen MR) is 80.1 cm³/mol. The molecule has 0 aromatic carbocycles. The number of nitrogens with one attached hydrogen (secondary N) is 2. The fourth-order valence-corrected chi connectivity index (χ4v) is 4.20. The molecule has 1 fully saturated rings. The van der Waals surface area contributed by atoms with Gasteiger partial charge in [-0.3, -0.25) is 0 Å². The molecule has 0 atom stereocenters. The number of pyridine rings is 1. The number of sulfonamides is 1. The molecule has 1 aromatic rings. The number of nitrogens with zero attached hydrogens (tertiary/aromatic N) is 1. The van der Waals surface area contributed by atoms with E-state index in [0.717, 1.165) is 31.6 Å². The van der Waals surface area contributed by atoms with Gasteiger partial charge in [-0.25, -0.2) is 18.1 Å². The van der Waals surface area contributed by atoms with Crippen LogP contribution in [0.25, 0.3) is 0 Å². The summed E-state index contributed by atoms with van der Waals surface area (Å²) in [5, 5.41) is 2.96. The molecule has 6 heteroatoms. The summed E-state index contributed by atoms with van der Waals surface area (Å²) in [5.74, 6) is 0.749. The van der Waals surface area contributed by atoms with Gasteiger partial charge in [0.2, 0.25) is 0 Å². The summed E-state index contributed by atoms with van der Waals surface area (Å²) in [4.78, 5) is 4.00. The highest BCUT2D eigenvalue weighted by atomic mass is 32.2. The third-order valence-corrected chi connectivity index (χ3v) is 5.52. The first kappa shape index (κ1) is 15.3. The zero-order valence-corrected chi connectivity index (χ0v) is 12.9. The van der Waals surface area contributed by atoms with Gasteiger partial charge in [-0.05, 0) is 43.7 Å². The zero-order chi connectivity index (χ0) is 14.6. The van der Waals surface area contributed by atoms with E-state index in [1.165, 1.54) is 12.6 Å². The van der Waals surface area contributed by atoms with Gasteiger partial charge >= 0.3 is 0 Å². The molecule has 0 spiro atoms. The van der Waals surface area contributed by atoms with Crippen LogP contribution in [0.15, 0.2) is 23.4 Å². The molecule has 1 aliphatic carbocycles. The molecule has 1 saturated carbocycles. The first-order chi connectivity index (χ1) is 9.56. The van der Waals surface area contributed by atoms with E-state index < -0.39 is 10.0 Å². The molecule has 20 heavy (non-hydrogen) atoms. The molecule has 2 N–H and O–H groups in total. The fourth-order valence-electron chi connectivity index (χ4n) is 2.76. The number of hydrogen-bond acceptors (Lipinski definition) is 4. The Kier molecular flexibility index (Phi) is 4.99. The molecule has 0 radical (unpaired) electrons. The highest BCUT2D eigenvalue weighted by molar-refractivity contribution is 7.89. The lowest BCUT2D eigenvalue weighted by Gasteiger charge is -2.28. The maximum Gasteiger partial charge on any atom is 0.260 e. The maximum atomic E-state index is 12.4. The van der Waals surface area contributed by atoms with Crippen molar-refractivity contribution in [3.05, 3.63) is 18.3 Å². The number of aromatic nitrogens is 1. The third kappa shape index (κ3) is 3.49. The molecule has 0 amide bonds. The van der Waals surface area contributed by atoms with Crippen LogP contribution in [0.1, 0.15) is 39.0 Å². The van der Waals surface area contributed by atoms with Gasteiger partial charge < -0.3 is 5.32 Å². The minimum absolute atomic E-state index is 0.0366. The lowest BCUT2D eigenvalue weighted by Crippen LogP contribution is -2.38. The Labute approximate surface area is 121 Å².